The minimum absolute atomic E-state index is 0.0142. The highest BCUT2D eigenvalue weighted by molar-refractivity contribution is 5.82. The van der Waals surface area contributed by atoms with E-state index in [4.69, 9.17) is 0 Å². The van der Waals surface area contributed by atoms with Gasteiger partial charge in [-0.15, -0.1) is 0 Å². The second kappa shape index (κ2) is 5.19. The van der Waals surface area contributed by atoms with Gasteiger partial charge in [-0.3, -0.25) is 9.69 Å². The molecule has 0 bridgehead atoms. The van der Waals surface area contributed by atoms with Crippen molar-refractivity contribution in [1.29, 1.82) is 0 Å². The molecule has 76 valence electrons. The largest absolute Gasteiger partial charge is 0.355 e. The lowest BCUT2D eigenvalue weighted by Gasteiger charge is -2.31. The lowest BCUT2D eigenvalue weighted by molar-refractivity contribution is -0.126. The molecule has 1 aliphatic heterocycles. The van der Waals surface area contributed by atoms with E-state index in [9.17, 15) is 4.79 Å². The van der Waals surface area contributed by atoms with Crippen LogP contribution in [0.15, 0.2) is 0 Å². The number of piperazine rings is 1. The lowest BCUT2D eigenvalue weighted by atomic mass is 10.2. The molecule has 1 aliphatic rings. The molecule has 1 unspecified atom stereocenters. The summed E-state index contributed by atoms with van der Waals surface area (Å²) < 4.78 is 0. The van der Waals surface area contributed by atoms with Gasteiger partial charge in [0.15, 0.2) is 0 Å². The summed E-state index contributed by atoms with van der Waals surface area (Å²) in [6.07, 6.45) is 0.996. The highest BCUT2D eigenvalue weighted by Gasteiger charge is 2.24. The summed E-state index contributed by atoms with van der Waals surface area (Å²) in [5.41, 5.74) is 0. The minimum Gasteiger partial charge on any atom is -0.355 e. The van der Waals surface area contributed by atoms with Gasteiger partial charge in [0.1, 0.15) is 6.04 Å². The third kappa shape index (κ3) is 2.97. The van der Waals surface area contributed by atoms with Crippen LogP contribution in [0.5, 0.6) is 0 Å². The zero-order valence-corrected chi connectivity index (χ0v) is 8.47. The highest BCUT2D eigenvalue weighted by Crippen LogP contribution is 1.99. The molecule has 1 rings (SSSR count). The number of amides is 1. The fraction of sp³-hybridized carbons (Fsp3) is 0.889. The normalized spacial score (nSPS) is 24.3. The summed E-state index contributed by atoms with van der Waals surface area (Å²) in [7, 11) is 2.00. The maximum absolute atomic E-state index is 11.6. The molecule has 1 amide bonds. The number of rotatable bonds is 3. The number of nitrogens with zero attached hydrogens (tertiary/aromatic N) is 1. The molecule has 4 nitrogen and oxygen atoms in total. The van der Waals surface area contributed by atoms with Crippen LogP contribution in [0.3, 0.4) is 0 Å². The fourth-order valence-electron chi connectivity index (χ4n) is 1.46. The molecule has 2 N–H and O–H groups in total. The van der Waals surface area contributed by atoms with Gasteiger partial charge in [-0.1, -0.05) is 6.92 Å². The Kier molecular flexibility index (Phi) is 4.18. The third-order valence-corrected chi connectivity index (χ3v) is 2.36. The molecule has 0 radical (unpaired) electrons. The van der Waals surface area contributed by atoms with Crippen LogP contribution in [0.4, 0.5) is 0 Å². The van der Waals surface area contributed by atoms with Crippen LogP contribution in [0.1, 0.15) is 13.3 Å². The summed E-state index contributed by atoms with van der Waals surface area (Å²) in [5.74, 6) is 0.150. The van der Waals surface area contributed by atoms with Gasteiger partial charge in [-0.2, -0.15) is 0 Å². The van der Waals surface area contributed by atoms with Gasteiger partial charge in [0, 0.05) is 26.2 Å². The van der Waals surface area contributed by atoms with E-state index in [2.05, 4.69) is 22.5 Å². The average Bonchev–Trinajstić information content (AvgIpc) is 2.15. The first kappa shape index (κ1) is 10.5. The standard InChI is InChI=1S/C9H19N3O/c1-3-4-11-9(13)8-7-10-5-6-12(8)2/h8,10H,3-7H2,1-2H3,(H,11,13). The number of hydrogen-bond donors (Lipinski definition) is 2. The third-order valence-electron chi connectivity index (χ3n) is 2.36. The maximum Gasteiger partial charge on any atom is 0.238 e. The van der Waals surface area contributed by atoms with Gasteiger partial charge in [0.2, 0.25) is 5.91 Å². The van der Waals surface area contributed by atoms with Crippen molar-refractivity contribution in [3.8, 4) is 0 Å². The predicted molar refractivity (Wildman–Crippen MR) is 52.6 cm³/mol. The summed E-state index contributed by atoms with van der Waals surface area (Å²) in [6.45, 7) is 5.54. The van der Waals surface area contributed by atoms with Gasteiger partial charge in [0.25, 0.3) is 0 Å². The molecule has 0 aromatic rings. The average molecular weight is 185 g/mol. The number of hydrogen-bond acceptors (Lipinski definition) is 3. The van der Waals surface area contributed by atoms with E-state index in [0.29, 0.717) is 0 Å². The molecule has 1 atom stereocenters. The summed E-state index contributed by atoms with van der Waals surface area (Å²) >= 11 is 0. The first-order valence-corrected chi connectivity index (χ1v) is 4.94. The Bertz CT molecular complexity index is 172. The van der Waals surface area contributed by atoms with Crippen molar-refractivity contribution >= 4 is 5.91 Å². The molecule has 0 aromatic heterocycles. The minimum atomic E-state index is 0.0142. The topological polar surface area (TPSA) is 44.4 Å². The molecule has 1 fully saturated rings. The van der Waals surface area contributed by atoms with Gasteiger partial charge < -0.3 is 10.6 Å². The molecule has 1 heterocycles. The Hall–Kier alpha value is -0.610. The second-order valence-electron chi connectivity index (χ2n) is 3.49. The summed E-state index contributed by atoms with van der Waals surface area (Å²) in [6, 6.07) is 0.0142. The van der Waals surface area contributed by atoms with Crippen LogP contribution in [0.25, 0.3) is 0 Å². The zero-order valence-electron chi connectivity index (χ0n) is 8.47. The van der Waals surface area contributed by atoms with Crippen LogP contribution in [-0.4, -0.2) is 50.1 Å². The van der Waals surface area contributed by atoms with E-state index in [1.54, 1.807) is 0 Å². The Morgan fingerprint density at radius 3 is 3.08 bits per heavy atom. The van der Waals surface area contributed by atoms with Crippen molar-refractivity contribution in [2.24, 2.45) is 0 Å². The van der Waals surface area contributed by atoms with Crippen LogP contribution in [0.2, 0.25) is 0 Å². The van der Waals surface area contributed by atoms with E-state index in [1.165, 1.54) is 0 Å². The molecule has 0 aliphatic carbocycles. The highest BCUT2D eigenvalue weighted by atomic mass is 16.2. The maximum atomic E-state index is 11.6. The molecule has 4 heteroatoms. The lowest BCUT2D eigenvalue weighted by Crippen LogP contribution is -2.56. The summed E-state index contributed by atoms with van der Waals surface area (Å²) in [5, 5.41) is 6.13. The molecule has 13 heavy (non-hydrogen) atoms. The molecule has 0 aromatic carbocycles. The van der Waals surface area contributed by atoms with Gasteiger partial charge >= 0.3 is 0 Å². The fourth-order valence-corrected chi connectivity index (χ4v) is 1.46. The van der Waals surface area contributed by atoms with E-state index in [-0.39, 0.29) is 11.9 Å². The monoisotopic (exact) mass is 185 g/mol. The number of nitrogens with one attached hydrogen (secondary N) is 2. The molecular weight excluding hydrogens is 166 g/mol. The molecule has 0 saturated carbocycles. The smallest absolute Gasteiger partial charge is 0.238 e. The summed E-state index contributed by atoms with van der Waals surface area (Å²) in [4.78, 5) is 13.7. The first-order valence-electron chi connectivity index (χ1n) is 4.94. The molecular formula is C9H19N3O. The van der Waals surface area contributed by atoms with Crippen molar-refractivity contribution in [1.82, 2.24) is 15.5 Å². The predicted octanol–water partition coefficient (Wildman–Crippen LogP) is -0.584. The first-order chi connectivity index (χ1) is 6.25. The van der Waals surface area contributed by atoms with Crippen molar-refractivity contribution in [3.05, 3.63) is 0 Å². The van der Waals surface area contributed by atoms with E-state index < -0.39 is 0 Å². The van der Waals surface area contributed by atoms with E-state index in [1.807, 2.05) is 7.05 Å². The van der Waals surface area contributed by atoms with Crippen molar-refractivity contribution < 1.29 is 4.79 Å². The second-order valence-corrected chi connectivity index (χ2v) is 3.49. The Morgan fingerprint density at radius 1 is 1.69 bits per heavy atom. The quantitative estimate of drug-likeness (QED) is 0.618. The van der Waals surface area contributed by atoms with E-state index >= 15 is 0 Å². The van der Waals surface area contributed by atoms with Crippen LogP contribution in [0, 0.1) is 0 Å². The number of carbonyl (C=O) groups is 1. The number of carbonyl (C=O) groups excluding carboxylic acids is 1. The number of likely N-dealkylation sites (N-methyl/N-ethyl adjacent to an activating group) is 1. The SMILES string of the molecule is CCCNC(=O)C1CNCCN1C. The Labute approximate surface area is 79.7 Å². The van der Waals surface area contributed by atoms with Crippen molar-refractivity contribution in [3.63, 3.8) is 0 Å². The Balaban J connectivity index is 2.35. The van der Waals surface area contributed by atoms with Crippen molar-refractivity contribution in [2.75, 3.05) is 33.2 Å². The van der Waals surface area contributed by atoms with E-state index in [0.717, 1.165) is 32.6 Å². The molecule has 0 spiro atoms. The molecule has 1 saturated heterocycles. The van der Waals surface area contributed by atoms with Crippen LogP contribution in [-0.2, 0) is 4.79 Å². The van der Waals surface area contributed by atoms with Gasteiger partial charge in [-0.05, 0) is 13.5 Å². The zero-order chi connectivity index (χ0) is 9.68. The van der Waals surface area contributed by atoms with Crippen LogP contribution < -0.4 is 10.6 Å². The van der Waals surface area contributed by atoms with Gasteiger partial charge in [0.05, 0.1) is 0 Å². The van der Waals surface area contributed by atoms with Crippen molar-refractivity contribution in [2.45, 2.75) is 19.4 Å². The Morgan fingerprint density at radius 2 is 2.46 bits per heavy atom. The van der Waals surface area contributed by atoms with Gasteiger partial charge in [-0.25, -0.2) is 0 Å². The van der Waals surface area contributed by atoms with Crippen LogP contribution >= 0.6 is 0 Å².